The molecule has 3 heteroatoms. The zero-order chi connectivity index (χ0) is 14.9. The number of amides is 1. The van der Waals surface area contributed by atoms with Crippen LogP contribution in [-0.2, 0) is 10.2 Å². The number of nitrogens with zero attached hydrogens (tertiary/aromatic N) is 1. The van der Waals surface area contributed by atoms with Crippen molar-refractivity contribution >= 4 is 17.7 Å². The first kappa shape index (κ1) is 15.4. The monoisotopic (exact) mass is 291 g/mol. The minimum Gasteiger partial charge on any atom is -0.342 e. The topological polar surface area (TPSA) is 20.3 Å². The molecule has 1 fully saturated rings. The molecule has 0 heterocycles. The summed E-state index contributed by atoms with van der Waals surface area (Å²) in [7, 11) is 1.93. The zero-order valence-electron chi connectivity index (χ0n) is 13.2. The summed E-state index contributed by atoms with van der Waals surface area (Å²) in [6.45, 7) is 8.78. The maximum absolute atomic E-state index is 12.1. The van der Waals surface area contributed by atoms with E-state index < -0.39 is 0 Å². The van der Waals surface area contributed by atoms with Gasteiger partial charge in [0.05, 0.1) is 5.75 Å². The van der Waals surface area contributed by atoms with Crippen LogP contribution in [0.15, 0.2) is 23.1 Å². The Hall–Kier alpha value is -0.960. The Morgan fingerprint density at radius 2 is 2.00 bits per heavy atom. The smallest absolute Gasteiger partial charge is 0.232 e. The van der Waals surface area contributed by atoms with E-state index in [0.717, 1.165) is 0 Å². The van der Waals surface area contributed by atoms with Gasteiger partial charge < -0.3 is 4.90 Å². The summed E-state index contributed by atoms with van der Waals surface area (Å²) in [4.78, 5) is 15.2. The van der Waals surface area contributed by atoms with Crippen molar-refractivity contribution < 1.29 is 4.79 Å². The van der Waals surface area contributed by atoms with Crippen LogP contribution in [0, 0.1) is 6.92 Å². The number of thioether (sulfide) groups is 1. The maximum atomic E-state index is 12.1. The molecule has 0 N–H and O–H groups in total. The average molecular weight is 291 g/mol. The molecule has 2 nitrogen and oxygen atoms in total. The van der Waals surface area contributed by atoms with Crippen molar-refractivity contribution in [2.24, 2.45) is 0 Å². The number of carbonyl (C=O) groups excluding carboxylic acids is 1. The summed E-state index contributed by atoms with van der Waals surface area (Å²) in [5, 5.41) is 0. The molecule has 20 heavy (non-hydrogen) atoms. The van der Waals surface area contributed by atoms with Gasteiger partial charge in [-0.3, -0.25) is 4.79 Å². The van der Waals surface area contributed by atoms with E-state index in [0.29, 0.717) is 11.8 Å². The lowest BCUT2D eigenvalue weighted by Gasteiger charge is -2.21. The molecular weight excluding hydrogens is 266 g/mol. The number of rotatable bonds is 4. The van der Waals surface area contributed by atoms with Crippen molar-refractivity contribution in [1.82, 2.24) is 4.90 Å². The zero-order valence-corrected chi connectivity index (χ0v) is 14.0. The highest BCUT2D eigenvalue weighted by Gasteiger charge is 2.29. The quantitative estimate of drug-likeness (QED) is 0.781. The number of hydrogen-bond donors (Lipinski definition) is 0. The van der Waals surface area contributed by atoms with Gasteiger partial charge in [0.15, 0.2) is 0 Å². The number of hydrogen-bond acceptors (Lipinski definition) is 2. The second-order valence-corrected chi connectivity index (χ2v) is 7.77. The first-order valence-corrected chi connectivity index (χ1v) is 8.27. The van der Waals surface area contributed by atoms with Crippen molar-refractivity contribution in [3.05, 3.63) is 29.3 Å². The molecule has 0 saturated heterocycles. The Bertz CT molecular complexity index is 500. The van der Waals surface area contributed by atoms with E-state index in [-0.39, 0.29) is 11.3 Å². The molecule has 1 saturated carbocycles. The second kappa shape index (κ2) is 5.80. The number of carbonyl (C=O) groups is 1. The third-order valence-corrected chi connectivity index (χ3v) is 5.04. The molecule has 0 aromatic heterocycles. The standard InChI is InChI=1S/C17H25NOS/c1-12-6-7-13(17(2,3)4)10-15(12)20-11-16(19)18(5)14-8-9-14/h6-7,10,14H,8-9,11H2,1-5H3. The number of benzene rings is 1. The molecule has 0 radical (unpaired) electrons. The van der Waals surface area contributed by atoms with Crippen LogP contribution >= 0.6 is 11.8 Å². The van der Waals surface area contributed by atoms with Crippen LogP contribution in [0.4, 0.5) is 0 Å². The fourth-order valence-corrected chi connectivity index (χ4v) is 3.12. The average Bonchev–Trinajstić information content (AvgIpc) is 3.19. The third kappa shape index (κ3) is 3.78. The summed E-state index contributed by atoms with van der Waals surface area (Å²) in [5.41, 5.74) is 2.73. The molecule has 0 aliphatic heterocycles. The van der Waals surface area contributed by atoms with Gasteiger partial charge >= 0.3 is 0 Å². The Balaban J connectivity index is 2.03. The molecular formula is C17H25NOS. The van der Waals surface area contributed by atoms with Crippen LogP contribution in [-0.4, -0.2) is 29.6 Å². The van der Waals surface area contributed by atoms with E-state index in [1.165, 1.54) is 28.9 Å². The molecule has 0 spiro atoms. The van der Waals surface area contributed by atoms with Gasteiger partial charge in [-0.15, -0.1) is 11.8 Å². The highest BCUT2D eigenvalue weighted by atomic mass is 32.2. The highest BCUT2D eigenvalue weighted by Crippen LogP contribution is 2.31. The molecule has 0 bridgehead atoms. The third-order valence-electron chi connectivity index (χ3n) is 3.89. The van der Waals surface area contributed by atoms with Gasteiger partial charge in [0.25, 0.3) is 0 Å². The molecule has 1 aromatic rings. The van der Waals surface area contributed by atoms with E-state index in [2.05, 4.69) is 45.9 Å². The van der Waals surface area contributed by atoms with E-state index in [1.807, 2.05) is 11.9 Å². The SMILES string of the molecule is Cc1ccc(C(C)(C)C)cc1SCC(=O)N(C)C1CC1. The normalized spacial score (nSPS) is 15.2. The predicted octanol–water partition coefficient (Wildman–Crippen LogP) is 4.01. The van der Waals surface area contributed by atoms with Gasteiger partial charge in [-0.25, -0.2) is 0 Å². The van der Waals surface area contributed by atoms with Gasteiger partial charge in [-0.2, -0.15) is 0 Å². The van der Waals surface area contributed by atoms with Gasteiger partial charge in [0.1, 0.15) is 0 Å². The van der Waals surface area contributed by atoms with Crippen molar-refractivity contribution in [2.45, 2.75) is 56.9 Å². The molecule has 1 aliphatic rings. The Kier molecular flexibility index (Phi) is 4.48. The van der Waals surface area contributed by atoms with Crippen molar-refractivity contribution in [3.63, 3.8) is 0 Å². The lowest BCUT2D eigenvalue weighted by Crippen LogP contribution is -2.30. The summed E-state index contributed by atoms with van der Waals surface area (Å²) in [5.74, 6) is 0.791. The van der Waals surface area contributed by atoms with Crippen LogP contribution in [0.2, 0.25) is 0 Å². The first-order valence-electron chi connectivity index (χ1n) is 7.28. The van der Waals surface area contributed by atoms with Gasteiger partial charge in [-0.1, -0.05) is 32.9 Å². The van der Waals surface area contributed by atoms with Crippen LogP contribution in [0.5, 0.6) is 0 Å². The maximum Gasteiger partial charge on any atom is 0.232 e. The lowest BCUT2D eigenvalue weighted by molar-refractivity contribution is -0.127. The summed E-state index contributed by atoms with van der Waals surface area (Å²) < 4.78 is 0. The largest absolute Gasteiger partial charge is 0.342 e. The molecule has 2 rings (SSSR count). The minimum absolute atomic E-state index is 0.151. The molecule has 110 valence electrons. The van der Waals surface area contributed by atoms with Crippen molar-refractivity contribution in [3.8, 4) is 0 Å². The summed E-state index contributed by atoms with van der Waals surface area (Å²) in [6, 6.07) is 7.10. The van der Waals surface area contributed by atoms with Gasteiger partial charge in [-0.05, 0) is 42.4 Å². The fourth-order valence-electron chi connectivity index (χ4n) is 2.13. The van der Waals surface area contributed by atoms with Crippen LogP contribution in [0.1, 0.15) is 44.7 Å². The van der Waals surface area contributed by atoms with Crippen LogP contribution in [0.3, 0.4) is 0 Å². The highest BCUT2D eigenvalue weighted by molar-refractivity contribution is 8.00. The predicted molar refractivity (Wildman–Crippen MR) is 86.4 cm³/mol. The van der Waals surface area contributed by atoms with Gasteiger partial charge in [0.2, 0.25) is 5.91 Å². The molecule has 1 aromatic carbocycles. The second-order valence-electron chi connectivity index (χ2n) is 6.75. The number of aryl methyl sites for hydroxylation is 1. The molecule has 0 atom stereocenters. The Morgan fingerprint density at radius 1 is 1.35 bits per heavy atom. The first-order chi connectivity index (χ1) is 9.29. The Labute approximate surface area is 126 Å². The van der Waals surface area contributed by atoms with Crippen molar-refractivity contribution in [1.29, 1.82) is 0 Å². The summed E-state index contributed by atoms with van der Waals surface area (Å²) in [6.07, 6.45) is 2.34. The Morgan fingerprint density at radius 3 is 2.55 bits per heavy atom. The van der Waals surface area contributed by atoms with E-state index in [1.54, 1.807) is 11.8 Å². The molecule has 1 amide bonds. The fraction of sp³-hybridized carbons (Fsp3) is 0.588. The van der Waals surface area contributed by atoms with E-state index in [9.17, 15) is 4.79 Å². The lowest BCUT2D eigenvalue weighted by atomic mass is 9.87. The van der Waals surface area contributed by atoms with E-state index in [4.69, 9.17) is 0 Å². The van der Waals surface area contributed by atoms with Crippen molar-refractivity contribution in [2.75, 3.05) is 12.8 Å². The minimum atomic E-state index is 0.151. The van der Waals surface area contributed by atoms with Crippen LogP contribution < -0.4 is 0 Å². The van der Waals surface area contributed by atoms with E-state index >= 15 is 0 Å². The molecule has 1 aliphatic carbocycles. The van der Waals surface area contributed by atoms with Gasteiger partial charge in [0, 0.05) is 18.0 Å². The summed E-state index contributed by atoms with van der Waals surface area (Å²) >= 11 is 1.67. The molecule has 0 unspecified atom stereocenters. The van der Waals surface area contributed by atoms with Crippen LogP contribution in [0.25, 0.3) is 0 Å².